The number of allylic oxidation sites excluding steroid dienone is 1. The zero-order chi connectivity index (χ0) is 17.3. The first-order chi connectivity index (χ1) is 11.4. The summed E-state index contributed by atoms with van der Waals surface area (Å²) >= 11 is 0. The first-order valence-corrected chi connectivity index (χ1v) is 7.58. The van der Waals surface area contributed by atoms with Gasteiger partial charge in [0.25, 0.3) is 0 Å². The molecule has 0 fully saturated rings. The lowest BCUT2D eigenvalue weighted by Gasteiger charge is -2.28. The van der Waals surface area contributed by atoms with E-state index in [-0.39, 0.29) is 11.3 Å². The maximum absolute atomic E-state index is 13.6. The third-order valence-electron chi connectivity index (χ3n) is 3.79. The molecule has 1 heterocycles. The summed E-state index contributed by atoms with van der Waals surface area (Å²) in [6.07, 6.45) is 6.37. The van der Waals surface area contributed by atoms with Gasteiger partial charge in [0, 0.05) is 5.56 Å². The van der Waals surface area contributed by atoms with Crippen LogP contribution >= 0.6 is 0 Å². The predicted octanol–water partition coefficient (Wildman–Crippen LogP) is 4.61. The Bertz CT molecular complexity index is 863. The predicted molar refractivity (Wildman–Crippen MR) is 91.6 cm³/mol. The Labute approximate surface area is 139 Å². The number of aromatic hydroxyl groups is 1. The number of benzene rings is 2. The van der Waals surface area contributed by atoms with Crippen molar-refractivity contribution in [3.8, 4) is 11.5 Å². The number of phenolic OH excluding ortho intramolecular Hbond substituents is 1. The zero-order valence-electron chi connectivity index (χ0n) is 13.4. The topological polar surface area (TPSA) is 46.5 Å². The van der Waals surface area contributed by atoms with Crippen LogP contribution in [-0.4, -0.2) is 16.5 Å². The van der Waals surface area contributed by atoms with E-state index in [1.54, 1.807) is 24.3 Å². The number of carbonyl (C=O) groups excluding carboxylic acids is 1. The molecule has 1 N–H and O–H groups in total. The van der Waals surface area contributed by atoms with Gasteiger partial charge in [-0.2, -0.15) is 0 Å². The van der Waals surface area contributed by atoms with Crippen molar-refractivity contribution in [3.63, 3.8) is 0 Å². The molecule has 2 aromatic carbocycles. The minimum absolute atomic E-state index is 0.00354. The summed E-state index contributed by atoms with van der Waals surface area (Å²) in [5.74, 6) is -0.423. The summed E-state index contributed by atoms with van der Waals surface area (Å²) in [4.78, 5) is 12.1. The number of fused-ring (bicyclic) bond motifs is 1. The van der Waals surface area contributed by atoms with E-state index in [2.05, 4.69) is 0 Å². The molecular weight excluding hydrogens is 307 g/mol. The zero-order valence-corrected chi connectivity index (χ0v) is 13.4. The molecule has 3 nitrogen and oxygen atoms in total. The molecule has 0 bridgehead atoms. The highest BCUT2D eigenvalue weighted by molar-refractivity contribution is 6.07. The van der Waals surface area contributed by atoms with E-state index < -0.39 is 17.2 Å². The second kappa shape index (κ2) is 5.96. The number of ether oxygens (including phenoxy) is 1. The molecule has 0 saturated heterocycles. The Hall–Kier alpha value is -2.88. The second-order valence-corrected chi connectivity index (χ2v) is 6.13. The molecule has 24 heavy (non-hydrogen) atoms. The minimum Gasteiger partial charge on any atom is -0.507 e. The highest BCUT2D eigenvalue weighted by Crippen LogP contribution is 2.38. The molecule has 0 atom stereocenters. The number of halogens is 1. The normalized spacial score (nSPS) is 15.1. The standard InChI is InChI=1S/C20H17FO3/c1-20(2)12-11-15-18(24-20)10-8-13(19(15)23)7-9-17(22)14-5-3-4-6-16(14)21/h3-12,23H,1-2H3/b9-7+. The van der Waals surface area contributed by atoms with Gasteiger partial charge < -0.3 is 9.84 Å². The van der Waals surface area contributed by atoms with Crippen molar-refractivity contribution < 1.29 is 19.0 Å². The molecule has 3 rings (SSSR count). The van der Waals surface area contributed by atoms with Crippen LogP contribution in [-0.2, 0) is 0 Å². The summed E-state index contributed by atoms with van der Waals surface area (Å²) in [5, 5.41) is 10.4. The molecule has 2 aromatic rings. The lowest BCUT2D eigenvalue weighted by Crippen LogP contribution is -2.27. The summed E-state index contributed by atoms with van der Waals surface area (Å²) in [6.45, 7) is 3.84. The van der Waals surface area contributed by atoms with Crippen LogP contribution < -0.4 is 4.74 Å². The van der Waals surface area contributed by atoms with Crippen LogP contribution in [0.4, 0.5) is 4.39 Å². The van der Waals surface area contributed by atoms with Gasteiger partial charge in [-0.15, -0.1) is 0 Å². The van der Waals surface area contributed by atoms with Crippen molar-refractivity contribution in [2.75, 3.05) is 0 Å². The summed E-state index contributed by atoms with van der Waals surface area (Å²) in [6, 6.07) is 9.19. The fraction of sp³-hybridized carbons (Fsp3) is 0.150. The van der Waals surface area contributed by atoms with Crippen LogP contribution in [0.15, 0.2) is 48.6 Å². The van der Waals surface area contributed by atoms with E-state index in [1.165, 1.54) is 30.4 Å². The molecule has 0 radical (unpaired) electrons. The highest BCUT2D eigenvalue weighted by atomic mass is 19.1. The van der Waals surface area contributed by atoms with Gasteiger partial charge in [0.2, 0.25) is 0 Å². The highest BCUT2D eigenvalue weighted by Gasteiger charge is 2.24. The molecule has 0 unspecified atom stereocenters. The summed E-state index contributed by atoms with van der Waals surface area (Å²) in [5.41, 5.74) is 0.592. The minimum atomic E-state index is -0.569. The number of ketones is 1. The number of rotatable bonds is 3. The van der Waals surface area contributed by atoms with Gasteiger partial charge in [-0.25, -0.2) is 4.39 Å². The van der Waals surface area contributed by atoms with E-state index in [0.29, 0.717) is 16.9 Å². The van der Waals surface area contributed by atoms with Crippen molar-refractivity contribution >= 4 is 17.9 Å². The number of carbonyl (C=O) groups is 1. The Morgan fingerprint density at radius 3 is 2.71 bits per heavy atom. The molecule has 0 saturated carbocycles. The monoisotopic (exact) mass is 324 g/mol. The van der Waals surface area contributed by atoms with E-state index in [0.717, 1.165) is 0 Å². The van der Waals surface area contributed by atoms with Crippen molar-refractivity contribution in [3.05, 3.63) is 71.1 Å². The Balaban J connectivity index is 1.89. The largest absolute Gasteiger partial charge is 0.507 e. The lowest BCUT2D eigenvalue weighted by molar-refractivity contribution is 0.104. The van der Waals surface area contributed by atoms with Crippen molar-refractivity contribution in [1.29, 1.82) is 0 Å². The number of hydrogen-bond donors (Lipinski definition) is 1. The molecule has 1 aliphatic heterocycles. The smallest absolute Gasteiger partial charge is 0.188 e. The van der Waals surface area contributed by atoms with Gasteiger partial charge in [-0.1, -0.05) is 12.1 Å². The van der Waals surface area contributed by atoms with E-state index in [4.69, 9.17) is 4.74 Å². The molecular formula is C20H17FO3. The second-order valence-electron chi connectivity index (χ2n) is 6.13. The number of phenols is 1. The van der Waals surface area contributed by atoms with Gasteiger partial charge in [0.05, 0.1) is 11.1 Å². The first kappa shape index (κ1) is 16.0. The van der Waals surface area contributed by atoms with E-state index in [9.17, 15) is 14.3 Å². The molecule has 0 aliphatic carbocycles. The average Bonchev–Trinajstić information content (AvgIpc) is 2.53. The molecule has 1 aliphatic rings. The maximum atomic E-state index is 13.6. The van der Waals surface area contributed by atoms with Crippen LogP contribution in [0.2, 0.25) is 0 Å². The van der Waals surface area contributed by atoms with Crippen molar-refractivity contribution in [2.45, 2.75) is 19.4 Å². The fourth-order valence-corrected chi connectivity index (χ4v) is 2.51. The van der Waals surface area contributed by atoms with Crippen LogP contribution in [0.1, 0.15) is 35.3 Å². The summed E-state index contributed by atoms with van der Waals surface area (Å²) in [7, 11) is 0. The van der Waals surface area contributed by atoms with Crippen LogP contribution in [0, 0.1) is 5.82 Å². The lowest BCUT2D eigenvalue weighted by atomic mass is 9.99. The van der Waals surface area contributed by atoms with Crippen LogP contribution in [0.5, 0.6) is 11.5 Å². The molecule has 0 amide bonds. The molecule has 122 valence electrons. The SMILES string of the molecule is CC1(C)C=Cc2c(ccc(/C=C/C(=O)c3ccccc3F)c2O)O1. The Kier molecular flexibility index (Phi) is 3.97. The van der Waals surface area contributed by atoms with Gasteiger partial charge in [-0.05, 0) is 62.4 Å². The quantitative estimate of drug-likeness (QED) is 0.662. The van der Waals surface area contributed by atoms with Gasteiger partial charge >= 0.3 is 0 Å². The van der Waals surface area contributed by atoms with Crippen LogP contribution in [0.3, 0.4) is 0 Å². The Morgan fingerprint density at radius 2 is 1.96 bits per heavy atom. The van der Waals surface area contributed by atoms with E-state index in [1.807, 2.05) is 19.9 Å². The van der Waals surface area contributed by atoms with Gasteiger partial charge in [-0.3, -0.25) is 4.79 Å². The third-order valence-corrected chi connectivity index (χ3v) is 3.79. The first-order valence-electron chi connectivity index (χ1n) is 7.58. The van der Waals surface area contributed by atoms with Crippen molar-refractivity contribution in [2.24, 2.45) is 0 Å². The maximum Gasteiger partial charge on any atom is 0.188 e. The van der Waals surface area contributed by atoms with Gasteiger partial charge in [0.15, 0.2) is 5.78 Å². The van der Waals surface area contributed by atoms with E-state index >= 15 is 0 Å². The third kappa shape index (κ3) is 3.08. The molecule has 4 heteroatoms. The van der Waals surface area contributed by atoms with Gasteiger partial charge in [0.1, 0.15) is 22.9 Å². The Morgan fingerprint density at radius 1 is 1.21 bits per heavy atom. The van der Waals surface area contributed by atoms with Crippen LogP contribution in [0.25, 0.3) is 12.2 Å². The molecule has 0 spiro atoms. The number of hydrogen-bond acceptors (Lipinski definition) is 3. The average molecular weight is 324 g/mol. The fourth-order valence-electron chi connectivity index (χ4n) is 2.51. The molecule has 0 aromatic heterocycles. The van der Waals surface area contributed by atoms with Crippen molar-refractivity contribution in [1.82, 2.24) is 0 Å². The summed E-state index contributed by atoms with van der Waals surface area (Å²) < 4.78 is 19.4.